The van der Waals surface area contributed by atoms with E-state index >= 15 is 0 Å². The second kappa shape index (κ2) is 6.81. The molecule has 1 aliphatic heterocycles. The van der Waals surface area contributed by atoms with Gasteiger partial charge in [0.1, 0.15) is 0 Å². The van der Waals surface area contributed by atoms with E-state index in [-0.39, 0.29) is 6.03 Å². The fourth-order valence-corrected chi connectivity index (χ4v) is 3.13. The van der Waals surface area contributed by atoms with Gasteiger partial charge in [0.15, 0.2) is 0 Å². The molecule has 2 amide bonds. The van der Waals surface area contributed by atoms with Crippen LogP contribution in [0, 0.1) is 0 Å². The minimum Gasteiger partial charge on any atom is -0.338 e. The van der Waals surface area contributed by atoms with Crippen LogP contribution in [0.1, 0.15) is 32.6 Å². The number of carbonyl (C=O) groups is 1. The molecule has 1 aromatic heterocycles. The summed E-state index contributed by atoms with van der Waals surface area (Å²) in [4.78, 5) is 18.5. The summed E-state index contributed by atoms with van der Waals surface area (Å²) in [7, 11) is 0. The van der Waals surface area contributed by atoms with Gasteiger partial charge in [0, 0.05) is 25.7 Å². The molecule has 0 aliphatic carbocycles. The molecule has 5 heteroatoms. The number of piperidine rings is 1. The first-order valence-corrected chi connectivity index (χ1v) is 8.20. The number of imidazole rings is 1. The normalized spacial score (nSPS) is 18.6. The van der Waals surface area contributed by atoms with Gasteiger partial charge in [-0.15, -0.1) is 0 Å². The van der Waals surface area contributed by atoms with Crippen molar-refractivity contribution in [1.29, 1.82) is 0 Å². The van der Waals surface area contributed by atoms with Gasteiger partial charge in [0.25, 0.3) is 0 Å². The maximum Gasteiger partial charge on any atom is 0.317 e. The van der Waals surface area contributed by atoms with Crippen LogP contribution >= 0.6 is 0 Å². The molecule has 1 N–H and O–H groups in total. The molecule has 5 nitrogen and oxygen atoms in total. The van der Waals surface area contributed by atoms with E-state index in [1.165, 1.54) is 6.42 Å². The van der Waals surface area contributed by atoms with E-state index in [9.17, 15) is 4.79 Å². The highest BCUT2D eigenvalue weighted by Gasteiger charge is 2.22. The number of urea groups is 1. The standard InChI is InChI=1S/C17H24N4O/c1-14-7-4-5-12-21(14)17(22)18-10-6-11-20-13-19-15-8-2-3-9-16(15)20/h2-3,8-9,13-14H,4-7,10-12H2,1H3,(H,18,22)/t14-/m1/s1. The maximum absolute atomic E-state index is 12.2. The van der Waals surface area contributed by atoms with Gasteiger partial charge < -0.3 is 14.8 Å². The smallest absolute Gasteiger partial charge is 0.317 e. The van der Waals surface area contributed by atoms with Gasteiger partial charge in [0.2, 0.25) is 0 Å². The summed E-state index contributed by atoms with van der Waals surface area (Å²) in [6.45, 7) is 4.60. The lowest BCUT2D eigenvalue weighted by Crippen LogP contribution is -2.47. The number of hydrogen-bond donors (Lipinski definition) is 1. The van der Waals surface area contributed by atoms with E-state index in [4.69, 9.17) is 0 Å². The van der Waals surface area contributed by atoms with Gasteiger partial charge in [-0.2, -0.15) is 0 Å². The summed E-state index contributed by atoms with van der Waals surface area (Å²) in [5.74, 6) is 0. The highest BCUT2D eigenvalue weighted by atomic mass is 16.2. The van der Waals surface area contributed by atoms with Crippen molar-refractivity contribution in [2.45, 2.75) is 45.2 Å². The fraction of sp³-hybridized carbons (Fsp3) is 0.529. The Morgan fingerprint density at radius 2 is 2.23 bits per heavy atom. The molecular formula is C17H24N4O. The van der Waals surface area contributed by atoms with Gasteiger partial charge in [-0.25, -0.2) is 9.78 Å². The van der Waals surface area contributed by atoms with Crippen LogP contribution in [0.15, 0.2) is 30.6 Å². The molecule has 2 aromatic rings. The predicted octanol–water partition coefficient (Wildman–Crippen LogP) is 3.01. The third-order valence-electron chi connectivity index (χ3n) is 4.44. The number of benzene rings is 1. The number of fused-ring (bicyclic) bond motifs is 1. The average molecular weight is 300 g/mol. The largest absolute Gasteiger partial charge is 0.338 e. The molecule has 0 radical (unpaired) electrons. The number of nitrogens with zero attached hydrogens (tertiary/aromatic N) is 3. The van der Waals surface area contributed by atoms with E-state index in [1.807, 2.05) is 29.4 Å². The Hall–Kier alpha value is -2.04. The molecule has 1 atom stereocenters. The van der Waals surface area contributed by atoms with Crippen molar-refractivity contribution >= 4 is 17.1 Å². The number of carbonyl (C=O) groups excluding carboxylic acids is 1. The lowest BCUT2D eigenvalue weighted by Gasteiger charge is -2.33. The van der Waals surface area contributed by atoms with Crippen molar-refractivity contribution in [1.82, 2.24) is 19.8 Å². The quantitative estimate of drug-likeness (QED) is 0.882. The highest BCUT2D eigenvalue weighted by Crippen LogP contribution is 2.16. The Labute approximate surface area is 131 Å². The van der Waals surface area contributed by atoms with E-state index in [1.54, 1.807) is 0 Å². The van der Waals surface area contributed by atoms with Crippen LogP contribution in [-0.2, 0) is 6.54 Å². The van der Waals surface area contributed by atoms with Crippen LogP contribution in [0.2, 0.25) is 0 Å². The average Bonchev–Trinajstić information content (AvgIpc) is 2.95. The summed E-state index contributed by atoms with van der Waals surface area (Å²) in [6.07, 6.45) is 6.26. The maximum atomic E-state index is 12.2. The molecule has 0 spiro atoms. The summed E-state index contributed by atoms with van der Waals surface area (Å²) < 4.78 is 2.14. The molecule has 22 heavy (non-hydrogen) atoms. The Balaban J connectivity index is 1.46. The van der Waals surface area contributed by atoms with Crippen molar-refractivity contribution in [3.8, 4) is 0 Å². The second-order valence-electron chi connectivity index (χ2n) is 6.05. The van der Waals surface area contributed by atoms with E-state index < -0.39 is 0 Å². The monoisotopic (exact) mass is 300 g/mol. The number of likely N-dealkylation sites (tertiary alicyclic amines) is 1. The van der Waals surface area contributed by atoms with Crippen molar-refractivity contribution < 1.29 is 4.79 Å². The van der Waals surface area contributed by atoms with Crippen molar-refractivity contribution in [2.75, 3.05) is 13.1 Å². The highest BCUT2D eigenvalue weighted by molar-refractivity contribution is 5.75. The number of hydrogen-bond acceptors (Lipinski definition) is 2. The number of rotatable bonds is 4. The SMILES string of the molecule is C[C@@H]1CCCCN1C(=O)NCCCn1cnc2ccccc21. The van der Waals surface area contributed by atoms with Crippen LogP contribution in [0.4, 0.5) is 4.79 Å². The minimum atomic E-state index is 0.0858. The Morgan fingerprint density at radius 3 is 3.09 bits per heavy atom. The third kappa shape index (κ3) is 3.24. The van der Waals surface area contributed by atoms with Gasteiger partial charge in [-0.3, -0.25) is 0 Å². The summed E-state index contributed by atoms with van der Waals surface area (Å²) in [5, 5.41) is 3.05. The van der Waals surface area contributed by atoms with E-state index in [0.717, 1.165) is 43.4 Å². The van der Waals surface area contributed by atoms with Crippen molar-refractivity contribution in [3.05, 3.63) is 30.6 Å². The number of nitrogens with one attached hydrogen (secondary N) is 1. The topological polar surface area (TPSA) is 50.2 Å². The number of para-hydroxylation sites is 2. The molecular weight excluding hydrogens is 276 g/mol. The fourth-order valence-electron chi connectivity index (χ4n) is 3.13. The Kier molecular flexibility index (Phi) is 4.61. The minimum absolute atomic E-state index is 0.0858. The first-order chi connectivity index (χ1) is 10.8. The number of aryl methyl sites for hydroxylation is 1. The van der Waals surface area contributed by atoms with Crippen LogP contribution in [0.25, 0.3) is 11.0 Å². The summed E-state index contributed by atoms with van der Waals surface area (Å²) >= 11 is 0. The first-order valence-electron chi connectivity index (χ1n) is 8.20. The lowest BCUT2D eigenvalue weighted by molar-refractivity contribution is 0.158. The van der Waals surface area contributed by atoms with Crippen LogP contribution < -0.4 is 5.32 Å². The van der Waals surface area contributed by atoms with Gasteiger partial charge >= 0.3 is 6.03 Å². The zero-order valence-corrected chi connectivity index (χ0v) is 13.2. The van der Waals surface area contributed by atoms with Gasteiger partial charge in [-0.1, -0.05) is 12.1 Å². The zero-order chi connectivity index (χ0) is 15.4. The van der Waals surface area contributed by atoms with E-state index in [0.29, 0.717) is 12.6 Å². The Bertz CT molecular complexity index is 636. The number of aromatic nitrogens is 2. The second-order valence-corrected chi connectivity index (χ2v) is 6.05. The van der Waals surface area contributed by atoms with Crippen molar-refractivity contribution in [3.63, 3.8) is 0 Å². The molecule has 1 aliphatic rings. The van der Waals surface area contributed by atoms with Crippen LogP contribution in [0.3, 0.4) is 0 Å². The number of amides is 2. The molecule has 0 saturated carbocycles. The molecule has 1 fully saturated rings. The lowest BCUT2D eigenvalue weighted by atomic mass is 10.0. The summed E-state index contributed by atoms with van der Waals surface area (Å²) in [5.41, 5.74) is 2.17. The van der Waals surface area contributed by atoms with Gasteiger partial charge in [0.05, 0.1) is 17.4 Å². The van der Waals surface area contributed by atoms with E-state index in [2.05, 4.69) is 27.9 Å². The molecule has 2 heterocycles. The van der Waals surface area contributed by atoms with Crippen molar-refractivity contribution in [2.24, 2.45) is 0 Å². The third-order valence-corrected chi connectivity index (χ3v) is 4.44. The predicted molar refractivity (Wildman–Crippen MR) is 87.8 cm³/mol. The molecule has 3 rings (SSSR count). The molecule has 0 bridgehead atoms. The molecule has 1 saturated heterocycles. The molecule has 1 aromatic carbocycles. The first kappa shape index (κ1) is 14.9. The van der Waals surface area contributed by atoms with Crippen LogP contribution in [-0.4, -0.2) is 39.6 Å². The molecule has 0 unspecified atom stereocenters. The Morgan fingerprint density at radius 1 is 1.36 bits per heavy atom. The zero-order valence-electron chi connectivity index (χ0n) is 13.2. The summed E-state index contributed by atoms with van der Waals surface area (Å²) in [6, 6.07) is 8.58. The van der Waals surface area contributed by atoms with Gasteiger partial charge in [-0.05, 0) is 44.7 Å². The van der Waals surface area contributed by atoms with Crippen LogP contribution in [0.5, 0.6) is 0 Å². The molecule has 118 valence electrons.